The quantitative estimate of drug-likeness (QED) is 0.660. The number of nitrogens with one attached hydrogen (secondary N) is 1. The predicted molar refractivity (Wildman–Crippen MR) is 71.8 cm³/mol. The monoisotopic (exact) mass is 269 g/mol. The lowest BCUT2D eigenvalue weighted by atomic mass is 9.97. The number of hydrogen-bond donors (Lipinski definition) is 2. The molecule has 5 heteroatoms. The smallest absolute Gasteiger partial charge is 0.306 e. The number of carboxylic acids is 1. The molecule has 0 aliphatic heterocycles. The summed E-state index contributed by atoms with van der Waals surface area (Å²) in [4.78, 5) is 22.4. The molecule has 1 unspecified atom stereocenters. The van der Waals surface area contributed by atoms with E-state index in [0.717, 1.165) is 19.3 Å². The van der Waals surface area contributed by atoms with Gasteiger partial charge in [0.15, 0.2) is 0 Å². The van der Waals surface area contributed by atoms with E-state index in [4.69, 9.17) is 9.84 Å². The first-order valence-corrected chi connectivity index (χ1v) is 6.89. The van der Waals surface area contributed by atoms with Crippen molar-refractivity contribution in [2.24, 2.45) is 0 Å². The van der Waals surface area contributed by atoms with Crippen molar-refractivity contribution in [3.05, 3.63) is 11.6 Å². The number of rotatable bonds is 8. The minimum absolute atomic E-state index is 0.0526. The molecule has 0 saturated carbocycles. The molecule has 0 aromatic carbocycles. The molecule has 1 rings (SSSR count). The molecule has 5 nitrogen and oxygen atoms in total. The highest BCUT2D eigenvalue weighted by Crippen LogP contribution is 2.19. The van der Waals surface area contributed by atoms with Gasteiger partial charge in [-0.15, -0.1) is 0 Å². The van der Waals surface area contributed by atoms with Gasteiger partial charge >= 0.3 is 5.97 Å². The fourth-order valence-electron chi connectivity index (χ4n) is 2.18. The Morgan fingerprint density at radius 2 is 2.26 bits per heavy atom. The Bertz CT molecular complexity index is 338. The van der Waals surface area contributed by atoms with E-state index < -0.39 is 12.1 Å². The van der Waals surface area contributed by atoms with Crippen LogP contribution in [-0.2, 0) is 14.3 Å². The van der Waals surface area contributed by atoms with Crippen LogP contribution in [0.1, 0.15) is 45.4 Å². The number of carboxylic acid groups (broad SMARTS) is 1. The lowest BCUT2D eigenvalue weighted by molar-refractivity contribution is -0.140. The molecular weight excluding hydrogens is 246 g/mol. The van der Waals surface area contributed by atoms with Crippen molar-refractivity contribution >= 4 is 11.9 Å². The first-order chi connectivity index (χ1) is 9.11. The standard InChI is InChI=1S/C14H23NO4/c1-2-19-12(9-14(17)18)10-15-13(16)8-11-6-4-3-5-7-11/h6,12H,2-5,7-10H2,1H3,(H,15,16)(H,17,18). The van der Waals surface area contributed by atoms with Crippen molar-refractivity contribution in [1.29, 1.82) is 0 Å². The summed E-state index contributed by atoms with van der Waals surface area (Å²) in [5.41, 5.74) is 1.19. The van der Waals surface area contributed by atoms with Gasteiger partial charge in [-0.2, -0.15) is 0 Å². The number of ether oxygens (including phenoxy) is 1. The second-order valence-electron chi connectivity index (χ2n) is 4.76. The first-order valence-electron chi connectivity index (χ1n) is 6.89. The number of hydrogen-bond acceptors (Lipinski definition) is 3. The zero-order chi connectivity index (χ0) is 14.1. The number of carbonyl (C=O) groups excluding carboxylic acids is 1. The minimum atomic E-state index is -0.914. The van der Waals surface area contributed by atoms with E-state index in [0.29, 0.717) is 13.0 Å². The Labute approximate surface area is 114 Å². The van der Waals surface area contributed by atoms with E-state index in [9.17, 15) is 9.59 Å². The van der Waals surface area contributed by atoms with Crippen molar-refractivity contribution < 1.29 is 19.4 Å². The van der Waals surface area contributed by atoms with Gasteiger partial charge in [-0.1, -0.05) is 11.6 Å². The summed E-state index contributed by atoms with van der Waals surface area (Å²) < 4.78 is 5.28. The maximum absolute atomic E-state index is 11.8. The Hall–Kier alpha value is -1.36. The summed E-state index contributed by atoms with van der Waals surface area (Å²) in [7, 11) is 0. The minimum Gasteiger partial charge on any atom is -0.481 e. The largest absolute Gasteiger partial charge is 0.481 e. The molecule has 0 aromatic rings. The van der Waals surface area contributed by atoms with Gasteiger partial charge in [0.1, 0.15) is 0 Å². The van der Waals surface area contributed by atoms with Crippen LogP contribution < -0.4 is 5.32 Å². The first kappa shape index (κ1) is 15.7. The normalized spacial score (nSPS) is 16.6. The van der Waals surface area contributed by atoms with E-state index in [1.165, 1.54) is 12.0 Å². The van der Waals surface area contributed by atoms with E-state index in [1.54, 1.807) is 0 Å². The predicted octanol–water partition coefficient (Wildman–Crippen LogP) is 1.87. The second-order valence-corrected chi connectivity index (χ2v) is 4.76. The number of carbonyl (C=O) groups is 2. The highest BCUT2D eigenvalue weighted by molar-refractivity contribution is 5.78. The van der Waals surface area contributed by atoms with Crippen molar-refractivity contribution in [1.82, 2.24) is 5.32 Å². The van der Waals surface area contributed by atoms with E-state index in [-0.39, 0.29) is 18.9 Å². The van der Waals surface area contributed by atoms with Crippen molar-refractivity contribution in [3.8, 4) is 0 Å². The SMILES string of the molecule is CCOC(CNC(=O)CC1=CCCCC1)CC(=O)O. The van der Waals surface area contributed by atoms with Gasteiger partial charge in [0.25, 0.3) is 0 Å². The Morgan fingerprint density at radius 1 is 1.47 bits per heavy atom. The molecule has 1 aliphatic carbocycles. The van der Waals surface area contributed by atoms with Crippen LogP contribution in [0.2, 0.25) is 0 Å². The molecule has 1 amide bonds. The van der Waals surface area contributed by atoms with Crippen LogP contribution in [-0.4, -0.2) is 36.2 Å². The van der Waals surface area contributed by atoms with E-state index >= 15 is 0 Å². The van der Waals surface area contributed by atoms with Crippen LogP contribution in [0.3, 0.4) is 0 Å². The number of allylic oxidation sites excluding steroid dienone is 1. The molecule has 0 spiro atoms. The van der Waals surface area contributed by atoms with Crippen LogP contribution in [0.5, 0.6) is 0 Å². The van der Waals surface area contributed by atoms with Crippen molar-refractivity contribution in [3.63, 3.8) is 0 Å². The average molecular weight is 269 g/mol. The third-order valence-electron chi connectivity index (χ3n) is 3.10. The van der Waals surface area contributed by atoms with Gasteiger partial charge in [0.2, 0.25) is 5.91 Å². The van der Waals surface area contributed by atoms with E-state index in [1.807, 2.05) is 6.92 Å². The fourth-order valence-corrected chi connectivity index (χ4v) is 2.18. The summed E-state index contributed by atoms with van der Waals surface area (Å²) >= 11 is 0. The Balaban J connectivity index is 2.30. The van der Waals surface area contributed by atoms with E-state index in [2.05, 4.69) is 11.4 Å². The molecule has 0 bridgehead atoms. The van der Waals surface area contributed by atoms with Crippen LogP contribution >= 0.6 is 0 Å². The number of aliphatic carboxylic acids is 1. The maximum Gasteiger partial charge on any atom is 0.306 e. The van der Waals surface area contributed by atoms with Crippen LogP contribution in [0.25, 0.3) is 0 Å². The summed E-state index contributed by atoms with van der Waals surface area (Å²) in [6, 6.07) is 0. The lowest BCUT2D eigenvalue weighted by Crippen LogP contribution is -2.35. The molecule has 19 heavy (non-hydrogen) atoms. The summed E-state index contributed by atoms with van der Waals surface area (Å²) in [5.74, 6) is -0.967. The lowest BCUT2D eigenvalue weighted by Gasteiger charge is -2.17. The van der Waals surface area contributed by atoms with Gasteiger partial charge in [0, 0.05) is 19.6 Å². The zero-order valence-corrected chi connectivity index (χ0v) is 11.5. The molecule has 0 saturated heterocycles. The number of amides is 1. The summed E-state index contributed by atoms with van der Waals surface area (Å²) in [6.45, 7) is 2.51. The molecule has 1 aliphatic rings. The summed E-state index contributed by atoms with van der Waals surface area (Å²) in [6.07, 6.45) is 6.44. The molecule has 0 aromatic heterocycles. The zero-order valence-electron chi connectivity index (χ0n) is 11.5. The van der Waals surface area contributed by atoms with Crippen molar-refractivity contribution in [2.75, 3.05) is 13.2 Å². The summed E-state index contributed by atoms with van der Waals surface area (Å²) in [5, 5.41) is 11.5. The fraction of sp³-hybridized carbons (Fsp3) is 0.714. The molecule has 2 N–H and O–H groups in total. The third-order valence-corrected chi connectivity index (χ3v) is 3.10. The average Bonchev–Trinajstić information content (AvgIpc) is 2.37. The topological polar surface area (TPSA) is 75.6 Å². The highest BCUT2D eigenvalue weighted by atomic mass is 16.5. The Kier molecular flexibility index (Phi) is 7.18. The van der Waals surface area contributed by atoms with Gasteiger partial charge in [-0.25, -0.2) is 0 Å². The highest BCUT2D eigenvalue weighted by Gasteiger charge is 2.15. The maximum atomic E-state index is 11.8. The van der Waals surface area contributed by atoms with Crippen LogP contribution in [0.4, 0.5) is 0 Å². The molecule has 0 heterocycles. The molecule has 1 atom stereocenters. The Morgan fingerprint density at radius 3 is 2.84 bits per heavy atom. The van der Waals surface area contributed by atoms with Crippen LogP contribution in [0.15, 0.2) is 11.6 Å². The van der Waals surface area contributed by atoms with Crippen LogP contribution in [0, 0.1) is 0 Å². The van der Waals surface area contributed by atoms with Gasteiger partial charge in [0.05, 0.1) is 12.5 Å². The molecule has 0 fully saturated rings. The van der Waals surface area contributed by atoms with Crippen molar-refractivity contribution in [2.45, 2.75) is 51.6 Å². The van der Waals surface area contributed by atoms with Gasteiger partial charge < -0.3 is 15.2 Å². The van der Waals surface area contributed by atoms with Gasteiger partial charge in [-0.3, -0.25) is 9.59 Å². The third kappa shape index (κ3) is 6.96. The second kappa shape index (κ2) is 8.69. The molecular formula is C14H23NO4. The molecule has 108 valence electrons. The molecule has 0 radical (unpaired) electrons. The van der Waals surface area contributed by atoms with Gasteiger partial charge in [-0.05, 0) is 32.6 Å².